The van der Waals surface area contributed by atoms with Gasteiger partial charge >= 0.3 is 6.03 Å². The van der Waals surface area contributed by atoms with Crippen LogP contribution in [0.15, 0.2) is 22.8 Å². The van der Waals surface area contributed by atoms with Gasteiger partial charge in [-0.05, 0) is 31.9 Å². The molecule has 0 bridgehead atoms. The highest BCUT2D eigenvalue weighted by atomic mass is 16.3. The first-order valence-corrected chi connectivity index (χ1v) is 6.33. The summed E-state index contributed by atoms with van der Waals surface area (Å²) in [6.45, 7) is 1.98. The van der Waals surface area contributed by atoms with Crippen molar-refractivity contribution in [2.24, 2.45) is 0 Å². The van der Waals surface area contributed by atoms with E-state index in [0.29, 0.717) is 6.04 Å². The topological polar surface area (TPSA) is 54.3 Å². The fourth-order valence-corrected chi connectivity index (χ4v) is 2.30. The predicted molar refractivity (Wildman–Crippen MR) is 65.8 cm³/mol. The molecule has 0 unspecified atom stereocenters. The number of amides is 2. The minimum Gasteiger partial charge on any atom is -0.469 e. The first kappa shape index (κ1) is 12.0. The molecule has 1 heterocycles. The molecule has 2 rings (SSSR count). The van der Waals surface area contributed by atoms with Gasteiger partial charge in [-0.25, -0.2) is 4.79 Å². The second-order valence-corrected chi connectivity index (χ2v) is 4.78. The molecule has 17 heavy (non-hydrogen) atoms. The highest BCUT2D eigenvalue weighted by Gasteiger charge is 2.18. The summed E-state index contributed by atoms with van der Waals surface area (Å²) >= 11 is 0. The van der Waals surface area contributed by atoms with Crippen molar-refractivity contribution in [3.05, 3.63) is 24.2 Å². The van der Waals surface area contributed by atoms with Crippen molar-refractivity contribution in [2.75, 3.05) is 0 Å². The van der Waals surface area contributed by atoms with Gasteiger partial charge in [0.05, 0.1) is 6.26 Å². The molecule has 1 aliphatic carbocycles. The van der Waals surface area contributed by atoms with Gasteiger partial charge in [0.2, 0.25) is 0 Å². The number of hydrogen-bond acceptors (Lipinski definition) is 2. The van der Waals surface area contributed by atoms with Crippen LogP contribution in [0.3, 0.4) is 0 Å². The maximum atomic E-state index is 11.7. The lowest BCUT2D eigenvalue weighted by molar-refractivity contribution is 0.233. The smallest absolute Gasteiger partial charge is 0.315 e. The van der Waals surface area contributed by atoms with Crippen molar-refractivity contribution in [1.29, 1.82) is 0 Å². The zero-order chi connectivity index (χ0) is 12.1. The van der Waals surface area contributed by atoms with E-state index in [4.69, 9.17) is 4.42 Å². The Morgan fingerprint density at radius 2 is 2.29 bits per heavy atom. The highest BCUT2D eigenvalue weighted by molar-refractivity contribution is 5.74. The van der Waals surface area contributed by atoms with E-state index >= 15 is 0 Å². The number of rotatable bonds is 4. The Morgan fingerprint density at radius 3 is 2.94 bits per heavy atom. The van der Waals surface area contributed by atoms with Gasteiger partial charge in [-0.2, -0.15) is 0 Å². The first-order valence-electron chi connectivity index (χ1n) is 6.33. The molecule has 2 N–H and O–H groups in total. The molecule has 1 aliphatic rings. The van der Waals surface area contributed by atoms with Crippen LogP contribution in [-0.2, 0) is 6.42 Å². The van der Waals surface area contributed by atoms with Crippen molar-refractivity contribution in [1.82, 2.24) is 10.6 Å². The van der Waals surface area contributed by atoms with Crippen LogP contribution in [0.1, 0.15) is 38.4 Å². The lowest BCUT2D eigenvalue weighted by atomic mass is 10.2. The fraction of sp³-hybridized carbons (Fsp3) is 0.615. The lowest BCUT2D eigenvalue weighted by Crippen LogP contribution is -2.45. The zero-order valence-electron chi connectivity index (χ0n) is 10.2. The van der Waals surface area contributed by atoms with E-state index in [1.807, 2.05) is 19.1 Å². The van der Waals surface area contributed by atoms with Gasteiger partial charge in [-0.15, -0.1) is 0 Å². The van der Waals surface area contributed by atoms with Crippen molar-refractivity contribution in [2.45, 2.75) is 51.1 Å². The van der Waals surface area contributed by atoms with Crippen LogP contribution in [-0.4, -0.2) is 18.1 Å². The summed E-state index contributed by atoms with van der Waals surface area (Å²) in [6, 6.07) is 4.18. The average Bonchev–Trinajstić information content (AvgIpc) is 2.90. The summed E-state index contributed by atoms with van der Waals surface area (Å²) in [6.07, 6.45) is 7.06. The van der Waals surface area contributed by atoms with E-state index in [9.17, 15) is 4.79 Å². The Kier molecular flexibility index (Phi) is 4.07. The van der Waals surface area contributed by atoms with Crippen molar-refractivity contribution >= 4 is 6.03 Å². The van der Waals surface area contributed by atoms with Crippen LogP contribution >= 0.6 is 0 Å². The standard InChI is InChI=1S/C13H20N2O2/c1-10(9-12-7-4-8-17-12)14-13(16)15-11-5-2-3-6-11/h4,7-8,10-11H,2-3,5-6,9H2,1H3,(H2,14,15,16)/t10-/m1/s1. The molecule has 1 saturated carbocycles. The Balaban J connectivity index is 1.70. The summed E-state index contributed by atoms with van der Waals surface area (Å²) in [5.41, 5.74) is 0. The highest BCUT2D eigenvalue weighted by Crippen LogP contribution is 2.17. The molecule has 0 aromatic carbocycles. The van der Waals surface area contributed by atoms with Gasteiger partial charge in [0, 0.05) is 18.5 Å². The van der Waals surface area contributed by atoms with Crippen molar-refractivity contribution in [3.63, 3.8) is 0 Å². The molecule has 2 amide bonds. The van der Waals surface area contributed by atoms with Gasteiger partial charge in [0.15, 0.2) is 0 Å². The monoisotopic (exact) mass is 236 g/mol. The number of carbonyl (C=O) groups excluding carboxylic acids is 1. The molecule has 1 atom stereocenters. The first-order chi connectivity index (χ1) is 8.24. The Bertz CT molecular complexity index is 342. The largest absolute Gasteiger partial charge is 0.469 e. The van der Waals surface area contributed by atoms with Crippen LogP contribution in [0.5, 0.6) is 0 Å². The maximum Gasteiger partial charge on any atom is 0.315 e. The molecule has 0 saturated heterocycles. The number of carbonyl (C=O) groups is 1. The zero-order valence-corrected chi connectivity index (χ0v) is 10.2. The van der Waals surface area contributed by atoms with E-state index in [1.165, 1.54) is 12.8 Å². The summed E-state index contributed by atoms with van der Waals surface area (Å²) in [7, 11) is 0. The third-order valence-electron chi connectivity index (χ3n) is 3.16. The van der Waals surface area contributed by atoms with E-state index in [2.05, 4.69) is 10.6 Å². The summed E-state index contributed by atoms with van der Waals surface area (Å²) in [5, 5.41) is 5.94. The molecule has 1 aromatic rings. The van der Waals surface area contributed by atoms with Gasteiger partial charge in [0.1, 0.15) is 5.76 Å². The normalized spacial score (nSPS) is 17.9. The Morgan fingerprint density at radius 1 is 1.53 bits per heavy atom. The third-order valence-corrected chi connectivity index (χ3v) is 3.16. The van der Waals surface area contributed by atoms with Crippen LogP contribution in [0, 0.1) is 0 Å². The fourth-order valence-electron chi connectivity index (χ4n) is 2.30. The molecule has 4 nitrogen and oxygen atoms in total. The van der Waals surface area contributed by atoms with Crippen molar-refractivity contribution < 1.29 is 9.21 Å². The molecular weight excluding hydrogens is 216 g/mol. The molecule has 94 valence electrons. The lowest BCUT2D eigenvalue weighted by Gasteiger charge is -2.16. The molecule has 1 aromatic heterocycles. The van der Waals surface area contributed by atoms with E-state index in [0.717, 1.165) is 25.0 Å². The van der Waals surface area contributed by atoms with Crippen LogP contribution in [0.2, 0.25) is 0 Å². The van der Waals surface area contributed by atoms with Crippen LogP contribution < -0.4 is 10.6 Å². The number of nitrogens with one attached hydrogen (secondary N) is 2. The summed E-state index contributed by atoms with van der Waals surface area (Å²) in [4.78, 5) is 11.7. The number of hydrogen-bond donors (Lipinski definition) is 2. The SMILES string of the molecule is C[C@H](Cc1ccco1)NC(=O)NC1CCCC1. The van der Waals surface area contributed by atoms with Gasteiger partial charge < -0.3 is 15.1 Å². The minimum atomic E-state index is -0.0593. The van der Waals surface area contributed by atoms with Gasteiger partial charge in [-0.1, -0.05) is 12.8 Å². The Hall–Kier alpha value is -1.45. The average molecular weight is 236 g/mol. The minimum absolute atomic E-state index is 0.0593. The molecule has 4 heteroatoms. The van der Waals surface area contributed by atoms with E-state index in [1.54, 1.807) is 6.26 Å². The number of furan rings is 1. The second kappa shape index (κ2) is 5.75. The van der Waals surface area contributed by atoms with Crippen molar-refractivity contribution in [3.8, 4) is 0 Å². The molecule has 0 spiro atoms. The Labute approximate surface area is 102 Å². The summed E-state index contributed by atoms with van der Waals surface area (Å²) < 4.78 is 5.25. The van der Waals surface area contributed by atoms with E-state index in [-0.39, 0.29) is 12.1 Å². The molecular formula is C13H20N2O2. The summed E-state index contributed by atoms with van der Waals surface area (Å²) in [5.74, 6) is 0.902. The van der Waals surface area contributed by atoms with E-state index < -0.39 is 0 Å². The third kappa shape index (κ3) is 3.80. The maximum absolute atomic E-state index is 11.7. The van der Waals surface area contributed by atoms with Crippen LogP contribution in [0.4, 0.5) is 4.79 Å². The second-order valence-electron chi connectivity index (χ2n) is 4.78. The van der Waals surface area contributed by atoms with Gasteiger partial charge in [0.25, 0.3) is 0 Å². The molecule has 0 aliphatic heterocycles. The number of urea groups is 1. The molecule has 1 fully saturated rings. The van der Waals surface area contributed by atoms with Gasteiger partial charge in [-0.3, -0.25) is 0 Å². The molecule has 0 radical (unpaired) electrons. The quantitative estimate of drug-likeness (QED) is 0.843. The predicted octanol–water partition coefficient (Wildman–Crippen LogP) is 2.45. The van der Waals surface area contributed by atoms with Crippen LogP contribution in [0.25, 0.3) is 0 Å².